The minimum Gasteiger partial charge on any atom is -0.383 e. The number of thiophene rings is 1. The molecule has 2 N–H and O–H groups in total. The van der Waals surface area contributed by atoms with Crippen molar-refractivity contribution in [3.63, 3.8) is 0 Å². The fourth-order valence-electron chi connectivity index (χ4n) is 2.23. The van der Waals surface area contributed by atoms with Gasteiger partial charge in [0.15, 0.2) is 0 Å². The van der Waals surface area contributed by atoms with Gasteiger partial charge in [0.25, 0.3) is 0 Å². The molecular formula is C15H14BrN3S. The summed E-state index contributed by atoms with van der Waals surface area (Å²) in [7, 11) is 1.88. The molecule has 0 fully saturated rings. The van der Waals surface area contributed by atoms with Gasteiger partial charge in [0.1, 0.15) is 11.5 Å². The number of hydrogen-bond donors (Lipinski definition) is 1. The molecule has 2 heterocycles. The first-order valence-corrected chi connectivity index (χ1v) is 7.93. The van der Waals surface area contributed by atoms with Crippen LogP contribution < -0.4 is 5.73 Å². The van der Waals surface area contributed by atoms with Gasteiger partial charge in [0.05, 0.1) is 5.56 Å². The number of aryl methyl sites for hydroxylation is 2. The molecule has 3 nitrogen and oxygen atoms in total. The van der Waals surface area contributed by atoms with Crippen LogP contribution in [0.5, 0.6) is 0 Å². The maximum atomic E-state index is 6.22. The third-order valence-corrected chi connectivity index (χ3v) is 4.73. The van der Waals surface area contributed by atoms with Crippen molar-refractivity contribution in [3.8, 4) is 22.4 Å². The number of benzene rings is 1. The normalized spacial score (nSPS) is 10.9. The number of halogens is 1. The van der Waals surface area contributed by atoms with E-state index in [1.165, 1.54) is 5.56 Å². The average Bonchev–Trinajstić information content (AvgIpc) is 2.96. The van der Waals surface area contributed by atoms with Crippen molar-refractivity contribution in [1.82, 2.24) is 9.78 Å². The number of nitrogen functional groups attached to an aromatic ring is 1. The Bertz CT molecular complexity index is 756. The van der Waals surface area contributed by atoms with Crippen LogP contribution in [-0.4, -0.2) is 9.78 Å². The minimum absolute atomic E-state index is 0.688. The summed E-state index contributed by atoms with van der Waals surface area (Å²) in [6.45, 7) is 2.10. The van der Waals surface area contributed by atoms with E-state index in [0.717, 1.165) is 26.9 Å². The van der Waals surface area contributed by atoms with Crippen molar-refractivity contribution in [2.45, 2.75) is 6.92 Å². The summed E-state index contributed by atoms with van der Waals surface area (Å²) in [6, 6.07) is 8.16. The number of anilines is 1. The fourth-order valence-corrected chi connectivity index (χ4v) is 3.33. The zero-order valence-electron chi connectivity index (χ0n) is 11.2. The third kappa shape index (κ3) is 2.17. The highest BCUT2D eigenvalue weighted by atomic mass is 79.9. The van der Waals surface area contributed by atoms with E-state index in [0.29, 0.717) is 5.82 Å². The van der Waals surface area contributed by atoms with Gasteiger partial charge in [-0.1, -0.05) is 28.1 Å². The summed E-state index contributed by atoms with van der Waals surface area (Å²) in [4.78, 5) is 0. The van der Waals surface area contributed by atoms with Crippen molar-refractivity contribution >= 4 is 33.1 Å². The Labute approximate surface area is 130 Å². The van der Waals surface area contributed by atoms with Gasteiger partial charge >= 0.3 is 0 Å². The van der Waals surface area contributed by atoms with Crippen molar-refractivity contribution in [2.75, 3.05) is 5.73 Å². The van der Waals surface area contributed by atoms with E-state index in [4.69, 9.17) is 5.73 Å². The number of nitrogens with two attached hydrogens (primary N) is 1. The molecule has 1 aromatic carbocycles. The Morgan fingerprint density at radius 1 is 1.20 bits per heavy atom. The van der Waals surface area contributed by atoms with Gasteiger partial charge in [-0.3, -0.25) is 4.68 Å². The Kier molecular flexibility index (Phi) is 3.40. The van der Waals surface area contributed by atoms with Crippen LogP contribution in [0.4, 0.5) is 5.82 Å². The van der Waals surface area contributed by atoms with Crippen molar-refractivity contribution in [1.29, 1.82) is 0 Å². The van der Waals surface area contributed by atoms with E-state index in [1.807, 2.05) is 19.2 Å². The molecule has 0 amide bonds. The molecule has 5 heteroatoms. The first-order chi connectivity index (χ1) is 9.58. The molecule has 0 atom stereocenters. The van der Waals surface area contributed by atoms with Crippen LogP contribution in [0.3, 0.4) is 0 Å². The highest BCUT2D eigenvalue weighted by molar-refractivity contribution is 9.10. The lowest BCUT2D eigenvalue weighted by molar-refractivity contribution is 0.782. The second-order valence-corrected chi connectivity index (χ2v) is 6.37. The zero-order chi connectivity index (χ0) is 14.3. The molecule has 0 spiro atoms. The lowest BCUT2D eigenvalue weighted by atomic mass is 10.0. The molecule has 0 unspecified atom stereocenters. The Hall–Kier alpha value is -1.59. The lowest BCUT2D eigenvalue weighted by Gasteiger charge is -2.04. The Balaban J connectivity index is 2.25. The van der Waals surface area contributed by atoms with Gasteiger partial charge in [-0.05, 0) is 35.6 Å². The van der Waals surface area contributed by atoms with Crippen LogP contribution in [0.25, 0.3) is 22.4 Å². The smallest absolute Gasteiger partial charge is 0.129 e. The van der Waals surface area contributed by atoms with Crippen molar-refractivity contribution in [3.05, 3.63) is 45.1 Å². The second-order valence-electron chi connectivity index (χ2n) is 4.71. The molecule has 0 saturated carbocycles. The molecule has 0 saturated heterocycles. The number of nitrogens with zero attached hydrogens (tertiary/aromatic N) is 2. The molecule has 0 aliphatic rings. The summed E-state index contributed by atoms with van der Waals surface area (Å²) < 4.78 is 2.79. The van der Waals surface area contributed by atoms with Crippen LogP contribution in [-0.2, 0) is 7.05 Å². The molecule has 0 bridgehead atoms. The van der Waals surface area contributed by atoms with Crippen molar-refractivity contribution < 1.29 is 0 Å². The number of aromatic nitrogens is 2. The van der Waals surface area contributed by atoms with E-state index in [9.17, 15) is 0 Å². The summed E-state index contributed by atoms with van der Waals surface area (Å²) in [5.41, 5.74) is 11.6. The molecule has 0 radical (unpaired) electrons. The predicted octanol–water partition coefficient (Wildman–Crippen LogP) is 4.47. The van der Waals surface area contributed by atoms with Gasteiger partial charge in [-0.25, -0.2) is 0 Å². The molecule has 3 rings (SSSR count). The summed E-state index contributed by atoms with van der Waals surface area (Å²) in [6.07, 6.45) is 0. The van der Waals surface area contributed by atoms with E-state index in [-0.39, 0.29) is 0 Å². The SMILES string of the molecule is Cc1cscc1-c1nn(C)c(N)c1-c1ccc(Br)cc1. The average molecular weight is 348 g/mol. The van der Waals surface area contributed by atoms with Gasteiger partial charge in [0, 0.05) is 22.5 Å². The van der Waals surface area contributed by atoms with Crippen molar-refractivity contribution in [2.24, 2.45) is 7.05 Å². The fraction of sp³-hybridized carbons (Fsp3) is 0.133. The molecule has 3 aromatic rings. The van der Waals surface area contributed by atoms with Gasteiger partial charge < -0.3 is 5.73 Å². The first kappa shape index (κ1) is 13.4. The number of rotatable bonds is 2. The molecule has 2 aromatic heterocycles. The maximum absolute atomic E-state index is 6.22. The summed E-state index contributed by atoms with van der Waals surface area (Å²) in [5, 5.41) is 8.85. The minimum atomic E-state index is 0.688. The van der Waals surface area contributed by atoms with Gasteiger partial charge in [-0.15, -0.1) is 0 Å². The Morgan fingerprint density at radius 2 is 1.90 bits per heavy atom. The second kappa shape index (κ2) is 5.07. The lowest BCUT2D eigenvalue weighted by Crippen LogP contribution is -1.97. The highest BCUT2D eigenvalue weighted by Gasteiger charge is 2.18. The molecule has 0 aliphatic carbocycles. The van der Waals surface area contributed by atoms with Crippen LogP contribution in [0.1, 0.15) is 5.56 Å². The summed E-state index contributed by atoms with van der Waals surface area (Å²) in [5.74, 6) is 0.688. The monoisotopic (exact) mass is 347 g/mol. The molecule has 0 aliphatic heterocycles. The quantitative estimate of drug-likeness (QED) is 0.743. The largest absolute Gasteiger partial charge is 0.383 e. The van der Waals surface area contributed by atoms with Gasteiger partial charge in [-0.2, -0.15) is 16.4 Å². The van der Waals surface area contributed by atoms with E-state index in [1.54, 1.807) is 16.0 Å². The molecule has 20 heavy (non-hydrogen) atoms. The standard InChI is InChI=1S/C15H14BrN3S/c1-9-7-20-8-12(9)14-13(15(17)19(2)18-14)10-3-5-11(16)6-4-10/h3-8H,17H2,1-2H3. The number of hydrogen-bond acceptors (Lipinski definition) is 3. The maximum Gasteiger partial charge on any atom is 0.129 e. The predicted molar refractivity (Wildman–Crippen MR) is 88.8 cm³/mol. The van der Waals surface area contributed by atoms with E-state index >= 15 is 0 Å². The first-order valence-electron chi connectivity index (χ1n) is 6.19. The molecular weight excluding hydrogens is 334 g/mol. The third-order valence-electron chi connectivity index (χ3n) is 3.34. The molecule has 102 valence electrons. The van der Waals surface area contributed by atoms with Gasteiger partial charge in [0.2, 0.25) is 0 Å². The zero-order valence-corrected chi connectivity index (χ0v) is 13.6. The van der Waals surface area contributed by atoms with Crippen LogP contribution >= 0.6 is 27.3 Å². The van der Waals surface area contributed by atoms with E-state index in [2.05, 4.69) is 50.8 Å². The van der Waals surface area contributed by atoms with Crippen LogP contribution in [0.2, 0.25) is 0 Å². The Morgan fingerprint density at radius 3 is 2.50 bits per heavy atom. The highest BCUT2D eigenvalue weighted by Crippen LogP contribution is 2.38. The van der Waals surface area contributed by atoms with Crippen LogP contribution in [0, 0.1) is 6.92 Å². The topological polar surface area (TPSA) is 43.8 Å². The summed E-state index contributed by atoms with van der Waals surface area (Å²) >= 11 is 5.15. The van der Waals surface area contributed by atoms with E-state index < -0.39 is 0 Å². The van der Waals surface area contributed by atoms with Crippen LogP contribution in [0.15, 0.2) is 39.5 Å².